The third-order valence-corrected chi connectivity index (χ3v) is 4.57. The van der Waals surface area contributed by atoms with E-state index in [0.29, 0.717) is 23.2 Å². The molecule has 1 aromatic heterocycles. The lowest BCUT2D eigenvalue weighted by Crippen LogP contribution is -2.07. The van der Waals surface area contributed by atoms with Crippen molar-refractivity contribution in [2.45, 2.75) is 13.3 Å². The number of benzene rings is 2. The SMILES string of the molecule is C#CCOc1ccc2ccccc2c1C=NNc1nc(CC(=O)OCC)cs1. The highest BCUT2D eigenvalue weighted by Crippen LogP contribution is 2.27. The lowest BCUT2D eigenvalue weighted by atomic mass is 10.0. The number of carbonyl (C=O) groups excluding carboxylic acids is 1. The maximum atomic E-state index is 11.5. The normalized spacial score (nSPS) is 10.7. The number of thiazole rings is 1. The van der Waals surface area contributed by atoms with Gasteiger partial charge in [0.25, 0.3) is 0 Å². The number of hydrogen-bond donors (Lipinski definition) is 1. The summed E-state index contributed by atoms with van der Waals surface area (Å²) in [6, 6.07) is 11.8. The number of anilines is 1. The van der Waals surface area contributed by atoms with Crippen LogP contribution >= 0.6 is 11.3 Å². The molecule has 0 amide bonds. The molecule has 0 saturated carbocycles. The van der Waals surface area contributed by atoms with Gasteiger partial charge in [0.1, 0.15) is 12.4 Å². The third kappa shape index (κ3) is 4.87. The lowest BCUT2D eigenvalue weighted by molar-refractivity contribution is -0.142. The van der Waals surface area contributed by atoms with E-state index in [2.05, 4.69) is 21.4 Å². The van der Waals surface area contributed by atoms with Crippen LogP contribution in [0.2, 0.25) is 0 Å². The zero-order chi connectivity index (χ0) is 19.8. The number of ether oxygens (including phenoxy) is 2. The molecule has 3 aromatic rings. The van der Waals surface area contributed by atoms with Crippen LogP contribution in [0.25, 0.3) is 10.8 Å². The molecule has 142 valence electrons. The quantitative estimate of drug-likeness (QED) is 0.272. The Morgan fingerprint density at radius 2 is 2.21 bits per heavy atom. The molecule has 0 aliphatic rings. The Labute approximate surface area is 167 Å². The molecular formula is C21H19N3O3S. The Balaban J connectivity index is 1.77. The van der Waals surface area contributed by atoms with Gasteiger partial charge in [-0.25, -0.2) is 4.98 Å². The van der Waals surface area contributed by atoms with Crippen molar-refractivity contribution in [1.82, 2.24) is 4.98 Å². The van der Waals surface area contributed by atoms with E-state index in [1.165, 1.54) is 11.3 Å². The molecule has 0 unspecified atom stereocenters. The van der Waals surface area contributed by atoms with Gasteiger partial charge in [-0.1, -0.05) is 36.3 Å². The van der Waals surface area contributed by atoms with E-state index in [1.807, 2.05) is 36.4 Å². The van der Waals surface area contributed by atoms with Crippen molar-refractivity contribution in [3.05, 3.63) is 53.0 Å². The molecule has 0 bridgehead atoms. The summed E-state index contributed by atoms with van der Waals surface area (Å²) >= 11 is 1.36. The monoisotopic (exact) mass is 393 g/mol. The van der Waals surface area contributed by atoms with Crippen molar-refractivity contribution < 1.29 is 14.3 Å². The van der Waals surface area contributed by atoms with Gasteiger partial charge in [0.15, 0.2) is 0 Å². The maximum Gasteiger partial charge on any atom is 0.311 e. The number of hydrogen-bond acceptors (Lipinski definition) is 7. The van der Waals surface area contributed by atoms with Gasteiger partial charge in [0.05, 0.1) is 24.9 Å². The van der Waals surface area contributed by atoms with Gasteiger partial charge in [0.2, 0.25) is 5.13 Å². The summed E-state index contributed by atoms with van der Waals surface area (Å²) in [6.45, 7) is 2.30. The highest BCUT2D eigenvalue weighted by atomic mass is 32.1. The molecule has 0 radical (unpaired) electrons. The van der Waals surface area contributed by atoms with Crippen LogP contribution in [-0.2, 0) is 16.0 Å². The zero-order valence-corrected chi connectivity index (χ0v) is 16.2. The smallest absolute Gasteiger partial charge is 0.311 e. The molecule has 6 nitrogen and oxygen atoms in total. The Bertz CT molecular complexity index is 1040. The predicted molar refractivity (Wildman–Crippen MR) is 112 cm³/mol. The standard InChI is InChI=1S/C21H19N3O3S/c1-3-11-27-19-10-9-15-7-5-6-8-17(15)18(19)13-22-24-21-23-16(14-28-21)12-20(25)26-4-2/h1,5-10,13-14H,4,11-12H2,2H3,(H,23,24). The minimum atomic E-state index is -0.297. The summed E-state index contributed by atoms with van der Waals surface area (Å²) in [5.74, 6) is 2.83. The Morgan fingerprint density at radius 3 is 3.04 bits per heavy atom. The molecule has 0 spiro atoms. The van der Waals surface area contributed by atoms with Gasteiger partial charge in [0, 0.05) is 10.9 Å². The van der Waals surface area contributed by atoms with Crippen LogP contribution < -0.4 is 10.2 Å². The van der Waals surface area contributed by atoms with Crippen LogP contribution in [0, 0.1) is 12.3 Å². The summed E-state index contributed by atoms with van der Waals surface area (Å²) in [7, 11) is 0. The molecule has 7 heteroatoms. The second kappa shape index (κ2) is 9.53. The average Bonchev–Trinajstić information content (AvgIpc) is 3.14. The van der Waals surface area contributed by atoms with Crippen LogP contribution in [0.1, 0.15) is 18.2 Å². The van der Waals surface area contributed by atoms with E-state index in [-0.39, 0.29) is 19.0 Å². The lowest BCUT2D eigenvalue weighted by Gasteiger charge is -2.09. The average molecular weight is 393 g/mol. The highest BCUT2D eigenvalue weighted by molar-refractivity contribution is 7.13. The van der Waals surface area contributed by atoms with Crippen LogP contribution in [-0.4, -0.2) is 30.4 Å². The molecule has 0 aliphatic carbocycles. The first kappa shape index (κ1) is 19.4. The minimum absolute atomic E-state index is 0.142. The fraction of sp³-hybridized carbons (Fsp3) is 0.190. The number of esters is 1. The summed E-state index contributed by atoms with van der Waals surface area (Å²) in [4.78, 5) is 15.9. The fourth-order valence-electron chi connectivity index (χ4n) is 2.61. The first-order chi connectivity index (χ1) is 13.7. The second-order valence-corrected chi connectivity index (χ2v) is 6.55. The van der Waals surface area contributed by atoms with Gasteiger partial charge in [-0.05, 0) is 23.8 Å². The number of carbonyl (C=O) groups is 1. The van der Waals surface area contributed by atoms with Crippen LogP contribution in [0.15, 0.2) is 46.9 Å². The van der Waals surface area contributed by atoms with E-state index in [9.17, 15) is 4.79 Å². The number of nitrogens with one attached hydrogen (secondary N) is 1. The van der Waals surface area contributed by atoms with Crippen LogP contribution in [0.5, 0.6) is 5.75 Å². The van der Waals surface area contributed by atoms with Crippen molar-refractivity contribution in [2.24, 2.45) is 5.10 Å². The summed E-state index contributed by atoms with van der Waals surface area (Å²) in [5, 5.41) is 8.75. The van der Waals surface area contributed by atoms with E-state index in [0.717, 1.165) is 16.3 Å². The number of fused-ring (bicyclic) bond motifs is 1. The summed E-state index contributed by atoms with van der Waals surface area (Å²) in [5.41, 5.74) is 4.36. The van der Waals surface area contributed by atoms with Crippen molar-refractivity contribution in [1.29, 1.82) is 0 Å². The second-order valence-electron chi connectivity index (χ2n) is 5.69. The van der Waals surface area contributed by atoms with Crippen molar-refractivity contribution in [3.63, 3.8) is 0 Å². The Morgan fingerprint density at radius 1 is 1.36 bits per heavy atom. The Kier molecular flexibility index (Phi) is 6.60. The molecule has 0 atom stereocenters. The molecule has 0 aliphatic heterocycles. The van der Waals surface area contributed by atoms with E-state index >= 15 is 0 Å². The van der Waals surface area contributed by atoms with Crippen molar-refractivity contribution in [2.75, 3.05) is 18.6 Å². The largest absolute Gasteiger partial charge is 0.480 e. The highest BCUT2D eigenvalue weighted by Gasteiger charge is 2.09. The predicted octanol–water partition coefficient (Wildman–Crippen LogP) is 3.86. The van der Waals surface area contributed by atoms with Crippen molar-refractivity contribution >= 4 is 39.4 Å². The molecule has 1 N–H and O–H groups in total. The van der Waals surface area contributed by atoms with Crippen LogP contribution in [0.3, 0.4) is 0 Å². The molecular weight excluding hydrogens is 374 g/mol. The van der Waals surface area contributed by atoms with Gasteiger partial charge < -0.3 is 9.47 Å². The van der Waals surface area contributed by atoms with Gasteiger partial charge >= 0.3 is 5.97 Å². The van der Waals surface area contributed by atoms with Gasteiger partial charge in [-0.3, -0.25) is 10.2 Å². The molecule has 28 heavy (non-hydrogen) atoms. The number of aromatic nitrogens is 1. The topological polar surface area (TPSA) is 72.8 Å². The number of hydrazone groups is 1. The molecule has 3 rings (SSSR count). The zero-order valence-electron chi connectivity index (χ0n) is 15.3. The number of nitrogens with zero attached hydrogens (tertiary/aromatic N) is 2. The fourth-order valence-corrected chi connectivity index (χ4v) is 3.26. The third-order valence-electron chi connectivity index (χ3n) is 3.78. The van der Waals surface area contributed by atoms with Gasteiger partial charge in [-0.2, -0.15) is 5.10 Å². The molecule has 1 heterocycles. The van der Waals surface area contributed by atoms with Crippen LogP contribution in [0.4, 0.5) is 5.13 Å². The first-order valence-corrected chi connectivity index (χ1v) is 9.56. The van der Waals surface area contributed by atoms with Gasteiger partial charge in [-0.15, -0.1) is 17.8 Å². The minimum Gasteiger partial charge on any atom is -0.480 e. The molecule has 0 saturated heterocycles. The molecule has 0 fully saturated rings. The number of terminal acetylenes is 1. The Hall–Kier alpha value is -3.37. The number of rotatable bonds is 8. The maximum absolute atomic E-state index is 11.5. The summed E-state index contributed by atoms with van der Waals surface area (Å²) < 4.78 is 10.6. The molecule has 2 aromatic carbocycles. The van der Waals surface area contributed by atoms with E-state index < -0.39 is 0 Å². The summed E-state index contributed by atoms with van der Waals surface area (Å²) in [6.07, 6.45) is 7.13. The first-order valence-electron chi connectivity index (χ1n) is 8.68. The van der Waals surface area contributed by atoms with E-state index in [1.54, 1.807) is 18.5 Å². The van der Waals surface area contributed by atoms with E-state index in [4.69, 9.17) is 15.9 Å². The van der Waals surface area contributed by atoms with Crippen molar-refractivity contribution in [3.8, 4) is 18.1 Å².